The van der Waals surface area contributed by atoms with E-state index in [1.54, 1.807) is 0 Å². The van der Waals surface area contributed by atoms with Crippen molar-refractivity contribution in [1.82, 2.24) is 0 Å². The van der Waals surface area contributed by atoms with Gasteiger partial charge in [0.05, 0.1) is 5.66 Å². The van der Waals surface area contributed by atoms with Gasteiger partial charge in [-0.25, -0.2) is 0 Å². The highest BCUT2D eigenvalue weighted by atomic mass is 14.9. The van der Waals surface area contributed by atoms with E-state index in [2.05, 4.69) is 18.2 Å². The second kappa shape index (κ2) is 4.43. The molecule has 0 unspecified atom stereocenters. The van der Waals surface area contributed by atoms with Crippen molar-refractivity contribution < 1.29 is 0 Å². The highest BCUT2D eigenvalue weighted by molar-refractivity contribution is 5.69. The topological polar surface area (TPSA) is 52.0 Å². The molecule has 2 rings (SSSR count). The van der Waals surface area contributed by atoms with E-state index >= 15 is 0 Å². The molecule has 1 aromatic rings. The lowest BCUT2D eigenvalue weighted by Crippen LogP contribution is -2.48. The van der Waals surface area contributed by atoms with Gasteiger partial charge < -0.3 is 11.5 Å². The van der Waals surface area contributed by atoms with E-state index in [-0.39, 0.29) is 7.43 Å². The third-order valence-corrected chi connectivity index (χ3v) is 2.35. The van der Waals surface area contributed by atoms with Crippen molar-refractivity contribution in [2.45, 2.75) is 19.5 Å². The van der Waals surface area contributed by atoms with Gasteiger partial charge in [0.15, 0.2) is 0 Å². The predicted octanol–water partition coefficient (Wildman–Crippen LogP) is 2.28. The predicted molar refractivity (Wildman–Crippen MR) is 66.0 cm³/mol. The molecule has 0 radical (unpaired) electrons. The largest absolute Gasteiger partial charge is 0.310 e. The van der Waals surface area contributed by atoms with Crippen molar-refractivity contribution in [2.24, 2.45) is 11.5 Å². The minimum atomic E-state index is -0.695. The minimum Gasteiger partial charge on any atom is -0.310 e. The van der Waals surface area contributed by atoms with Crippen LogP contribution in [0.1, 0.15) is 19.4 Å². The SMILES string of the molecule is C.NC1(N)C=CC=C(c2ccccc2)C1. The van der Waals surface area contributed by atoms with Crippen molar-refractivity contribution in [3.05, 3.63) is 54.1 Å². The second-order valence-corrected chi connectivity index (χ2v) is 3.71. The fraction of sp³-hybridized carbons (Fsp3) is 0.231. The molecular formula is C13H18N2. The fourth-order valence-electron chi connectivity index (χ4n) is 1.64. The van der Waals surface area contributed by atoms with Gasteiger partial charge in [0, 0.05) is 6.42 Å². The standard InChI is InChI=1S/C12H14N2.CH4/c13-12(14)8-4-7-11(9-12)10-5-2-1-3-6-10;/h1-8H,9,13-14H2;1H4. The number of hydrogen-bond donors (Lipinski definition) is 2. The average Bonchev–Trinajstić information content (AvgIpc) is 2.18. The number of rotatable bonds is 1. The van der Waals surface area contributed by atoms with E-state index in [1.807, 2.05) is 30.4 Å². The first kappa shape index (κ1) is 11.7. The highest BCUT2D eigenvalue weighted by Crippen LogP contribution is 2.25. The van der Waals surface area contributed by atoms with Crippen LogP contribution in [-0.2, 0) is 0 Å². The molecule has 0 heterocycles. The Morgan fingerprint density at radius 2 is 1.73 bits per heavy atom. The molecule has 2 nitrogen and oxygen atoms in total. The van der Waals surface area contributed by atoms with E-state index in [4.69, 9.17) is 11.5 Å². The van der Waals surface area contributed by atoms with Crippen molar-refractivity contribution in [1.29, 1.82) is 0 Å². The lowest BCUT2D eigenvalue weighted by atomic mass is 9.91. The minimum absolute atomic E-state index is 0. The lowest BCUT2D eigenvalue weighted by molar-refractivity contribution is 0.565. The molecule has 2 heteroatoms. The molecule has 4 N–H and O–H groups in total. The third-order valence-electron chi connectivity index (χ3n) is 2.35. The van der Waals surface area contributed by atoms with Crippen LogP contribution in [0.25, 0.3) is 5.57 Å². The van der Waals surface area contributed by atoms with Crippen LogP contribution in [0, 0.1) is 0 Å². The van der Waals surface area contributed by atoms with Gasteiger partial charge in [-0.3, -0.25) is 0 Å². The molecule has 1 aliphatic rings. The zero-order valence-electron chi connectivity index (χ0n) is 7.98. The molecule has 0 aromatic heterocycles. The average molecular weight is 202 g/mol. The van der Waals surface area contributed by atoms with Crippen molar-refractivity contribution in [3.63, 3.8) is 0 Å². The van der Waals surface area contributed by atoms with E-state index < -0.39 is 5.66 Å². The number of hydrogen-bond acceptors (Lipinski definition) is 2. The summed E-state index contributed by atoms with van der Waals surface area (Å²) in [5.74, 6) is 0. The van der Waals surface area contributed by atoms with Crippen LogP contribution in [0.3, 0.4) is 0 Å². The van der Waals surface area contributed by atoms with Gasteiger partial charge in [0.2, 0.25) is 0 Å². The molecule has 0 fully saturated rings. The second-order valence-electron chi connectivity index (χ2n) is 3.71. The molecule has 0 atom stereocenters. The summed E-state index contributed by atoms with van der Waals surface area (Å²) in [6, 6.07) is 10.2. The summed E-state index contributed by atoms with van der Waals surface area (Å²) in [5.41, 5.74) is 13.4. The van der Waals surface area contributed by atoms with E-state index in [0.29, 0.717) is 6.42 Å². The van der Waals surface area contributed by atoms with Gasteiger partial charge in [-0.05, 0) is 11.1 Å². The van der Waals surface area contributed by atoms with Gasteiger partial charge in [-0.15, -0.1) is 0 Å². The van der Waals surface area contributed by atoms with E-state index in [0.717, 1.165) is 0 Å². The Hall–Kier alpha value is -1.38. The number of benzene rings is 1. The molecule has 0 amide bonds. The maximum atomic E-state index is 5.86. The zero-order chi connectivity index (χ0) is 10.0. The van der Waals surface area contributed by atoms with Crippen LogP contribution in [0.5, 0.6) is 0 Å². The highest BCUT2D eigenvalue weighted by Gasteiger charge is 2.20. The summed E-state index contributed by atoms with van der Waals surface area (Å²) in [6.45, 7) is 0. The van der Waals surface area contributed by atoms with Crippen LogP contribution in [0.15, 0.2) is 48.6 Å². The summed E-state index contributed by atoms with van der Waals surface area (Å²) in [5, 5.41) is 0. The summed E-state index contributed by atoms with van der Waals surface area (Å²) >= 11 is 0. The maximum absolute atomic E-state index is 5.86. The molecule has 0 spiro atoms. The Bertz CT molecular complexity index is 375. The zero-order valence-corrected chi connectivity index (χ0v) is 7.98. The Labute approximate surface area is 91.3 Å². The Kier molecular flexibility index (Phi) is 3.45. The summed E-state index contributed by atoms with van der Waals surface area (Å²) in [4.78, 5) is 0. The molecule has 0 bridgehead atoms. The molecular weight excluding hydrogens is 184 g/mol. The van der Waals surface area contributed by atoms with Crippen LogP contribution in [-0.4, -0.2) is 5.66 Å². The summed E-state index contributed by atoms with van der Waals surface area (Å²) < 4.78 is 0. The van der Waals surface area contributed by atoms with Crippen molar-refractivity contribution >= 4 is 5.57 Å². The van der Waals surface area contributed by atoms with Crippen molar-refractivity contribution in [3.8, 4) is 0 Å². The van der Waals surface area contributed by atoms with Crippen molar-refractivity contribution in [2.75, 3.05) is 0 Å². The number of allylic oxidation sites excluding steroid dienone is 2. The molecule has 0 saturated heterocycles. The van der Waals surface area contributed by atoms with Gasteiger partial charge >= 0.3 is 0 Å². The lowest BCUT2D eigenvalue weighted by Gasteiger charge is -2.25. The van der Waals surface area contributed by atoms with Gasteiger partial charge in [0.1, 0.15) is 0 Å². The smallest absolute Gasteiger partial charge is 0.0872 e. The van der Waals surface area contributed by atoms with Gasteiger partial charge in [-0.2, -0.15) is 0 Å². The Balaban J connectivity index is 0.00000112. The van der Waals surface area contributed by atoms with Gasteiger partial charge in [-0.1, -0.05) is 56.0 Å². The quantitative estimate of drug-likeness (QED) is 0.686. The first-order valence-electron chi connectivity index (χ1n) is 4.69. The Morgan fingerprint density at radius 3 is 2.33 bits per heavy atom. The first-order chi connectivity index (χ1) is 6.67. The van der Waals surface area contributed by atoms with Crippen LogP contribution >= 0.6 is 0 Å². The summed E-state index contributed by atoms with van der Waals surface area (Å²) in [6.07, 6.45) is 6.51. The van der Waals surface area contributed by atoms with E-state index in [1.165, 1.54) is 11.1 Å². The summed E-state index contributed by atoms with van der Waals surface area (Å²) in [7, 11) is 0. The van der Waals surface area contributed by atoms with Crippen LogP contribution in [0.4, 0.5) is 0 Å². The van der Waals surface area contributed by atoms with Crippen LogP contribution in [0.2, 0.25) is 0 Å². The normalized spacial score (nSPS) is 17.9. The fourth-order valence-corrected chi connectivity index (χ4v) is 1.64. The molecule has 1 aromatic carbocycles. The Morgan fingerprint density at radius 1 is 1.07 bits per heavy atom. The first-order valence-corrected chi connectivity index (χ1v) is 4.69. The molecule has 1 aliphatic carbocycles. The maximum Gasteiger partial charge on any atom is 0.0872 e. The molecule has 0 aliphatic heterocycles. The van der Waals surface area contributed by atoms with E-state index in [9.17, 15) is 0 Å². The van der Waals surface area contributed by atoms with Crippen LogP contribution < -0.4 is 11.5 Å². The molecule has 15 heavy (non-hydrogen) atoms. The molecule has 0 saturated carbocycles. The molecule has 80 valence electrons. The number of nitrogens with two attached hydrogens (primary N) is 2. The van der Waals surface area contributed by atoms with Gasteiger partial charge in [0.25, 0.3) is 0 Å². The monoisotopic (exact) mass is 202 g/mol. The third kappa shape index (κ3) is 2.78.